The van der Waals surface area contributed by atoms with Gasteiger partial charge in [0.2, 0.25) is 11.8 Å². The summed E-state index contributed by atoms with van der Waals surface area (Å²) in [6, 6.07) is 17.8. The Balaban J connectivity index is 1.29. The van der Waals surface area contributed by atoms with Gasteiger partial charge in [0.1, 0.15) is 6.26 Å². The zero-order chi connectivity index (χ0) is 20.1. The first-order valence-electron chi connectivity index (χ1n) is 10.3. The quantitative estimate of drug-likeness (QED) is 0.661. The number of carbonyl (C=O) groups excluding carboxylic acids is 1. The highest BCUT2D eigenvalue weighted by atomic mass is 16.3. The molecule has 0 spiro atoms. The molecule has 5 heteroatoms. The van der Waals surface area contributed by atoms with Crippen LogP contribution in [-0.2, 0) is 17.8 Å². The monoisotopic (exact) mass is 389 g/mol. The Morgan fingerprint density at radius 3 is 2.55 bits per heavy atom. The topological polar surface area (TPSA) is 58.4 Å². The zero-order valence-electron chi connectivity index (χ0n) is 16.8. The fourth-order valence-corrected chi connectivity index (χ4v) is 3.64. The third-order valence-corrected chi connectivity index (χ3v) is 5.43. The van der Waals surface area contributed by atoms with Gasteiger partial charge in [0.05, 0.1) is 12.1 Å². The SMILES string of the molecule is CC1CCN(Cc2ccc(NC(=O)Cc3coc(-c4ccccc4)n3)cc2)CC1. The highest BCUT2D eigenvalue weighted by Crippen LogP contribution is 2.20. The van der Waals surface area contributed by atoms with Gasteiger partial charge in [-0.1, -0.05) is 37.3 Å². The summed E-state index contributed by atoms with van der Waals surface area (Å²) in [6.45, 7) is 5.64. The number of nitrogens with zero attached hydrogens (tertiary/aromatic N) is 2. The Bertz CT molecular complexity index is 926. The number of rotatable bonds is 6. The van der Waals surface area contributed by atoms with E-state index in [4.69, 9.17) is 4.42 Å². The van der Waals surface area contributed by atoms with Gasteiger partial charge in [-0.15, -0.1) is 0 Å². The fourth-order valence-electron chi connectivity index (χ4n) is 3.64. The summed E-state index contributed by atoms with van der Waals surface area (Å²) in [5.74, 6) is 1.28. The number of likely N-dealkylation sites (tertiary alicyclic amines) is 1. The van der Waals surface area contributed by atoms with Gasteiger partial charge >= 0.3 is 0 Å². The number of hydrogen-bond donors (Lipinski definition) is 1. The second-order valence-electron chi connectivity index (χ2n) is 7.89. The van der Waals surface area contributed by atoms with Gasteiger partial charge in [0, 0.05) is 17.8 Å². The number of benzene rings is 2. The number of piperidine rings is 1. The summed E-state index contributed by atoms with van der Waals surface area (Å²) in [6.07, 6.45) is 4.29. The molecule has 0 saturated carbocycles. The number of anilines is 1. The third kappa shape index (κ3) is 5.33. The molecular weight excluding hydrogens is 362 g/mol. The Morgan fingerprint density at radius 2 is 1.83 bits per heavy atom. The van der Waals surface area contributed by atoms with Crippen molar-refractivity contribution in [3.8, 4) is 11.5 Å². The molecule has 0 aliphatic carbocycles. The Hall–Kier alpha value is -2.92. The van der Waals surface area contributed by atoms with Crippen LogP contribution in [0.2, 0.25) is 0 Å². The van der Waals surface area contributed by atoms with Gasteiger partial charge in [-0.2, -0.15) is 0 Å². The summed E-state index contributed by atoms with van der Waals surface area (Å²) in [4.78, 5) is 19.3. The normalized spacial score (nSPS) is 15.3. The van der Waals surface area contributed by atoms with Crippen LogP contribution in [0, 0.1) is 5.92 Å². The largest absolute Gasteiger partial charge is 0.444 e. The number of aromatic nitrogens is 1. The van der Waals surface area contributed by atoms with Gasteiger partial charge in [-0.05, 0) is 61.7 Å². The van der Waals surface area contributed by atoms with Crippen molar-refractivity contribution in [2.75, 3.05) is 18.4 Å². The average molecular weight is 389 g/mol. The van der Waals surface area contributed by atoms with E-state index in [-0.39, 0.29) is 12.3 Å². The molecule has 1 aromatic heterocycles. The predicted octanol–water partition coefficient (Wildman–Crippen LogP) is 4.75. The third-order valence-electron chi connectivity index (χ3n) is 5.43. The Kier molecular flexibility index (Phi) is 6.06. The van der Waals surface area contributed by atoms with Gasteiger partial charge in [-0.3, -0.25) is 9.69 Å². The molecule has 29 heavy (non-hydrogen) atoms. The first kappa shape index (κ1) is 19.4. The lowest BCUT2D eigenvalue weighted by atomic mass is 9.99. The van der Waals surface area contributed by atoms with Crippen molar-refractivity contribution in [3.05, 3.63) is 72.1 Å². The van der Waals surface area contributed by atoms with E-state index in [1.165, 1.54) is 31.5 Å². The van der Waals surface area contributed by atoms with Crippen molar-refractivity contribution in [2.24, 2.45) is 5.92 Å². The smallest absolute Gasteiger partial charge is 0.230 e. The minimum Gasteiger partial charge on any atom is -0.444 e. The van der Waals surface area contributed by atoms with Gasteiger partial charge in [0.25, 0.3) is 0 Å². The molecule has 1 aliphatic rings. The standard InChI is InChI=1S/C24H27N3O2/c1-18-11-13-27(14-12-18)16-19-7-9-21(10-8-19)25-23(28)15-22-17-29-24(26-22)20-5-3-2-4-6-20/h2-10,17-18H,11-16H2,1H3,(H,25,28). The van der Waals surface area contributed by atoms with Crippen molar-refractivity contribution in [1.29, 1.82) is 0 Å². The molecule has 3 aromatic rings. The molecular formula is C24H27N3O2. The van der Waals surface area contributed by atoms with Crippen LogP contribution in [0.1, 0.15) is 31.0 Å². The lowest BCUT2D eigenvalue weighted by molar-refractivity contribution is -0.115. The summed E-state index contributed by atoms with van der Waals surface area (Å²) in [7, 11) is 0. The first-order valence-corrected chi connectivity index (χ1v) is 10.3. The van der Waals surface area contributed by atoms with Crippen molar-refractivity contribution in [2.45, 2.75) is 32.7 Å². The van der Waals surface area contributed by atoms with E-state index in [2.05, 4.69) is 34.3 Å². The van der Waals surface area contributed by atoms with E-state index in [1.54, 1.807) is 6.26 Å². The maximum Gasteiger partial charge on any atom is 0.230 e. The van der Waals surface area contributed by atoms with E-state index in [9.17, 15) is 4.79 Å². The van der Waals surface area contributed by atoms with E-state index < -0.39 is 0 Å². The molecule has 0 radical (unpaired) electrons. The van der Waals surface area contributed by atoms with Gasteiger partial charge in [0.15, 0.2) is 0 Å². The molecule has 0 unspecified atom stereocenters. The Labute approximate surface area is 171 Å². The van der Waals surface area contributed by atoms with Gasteiger partial charge < -0.3 is 9.73 Å². The molecule has 1 saturated heterocycles. The molecule has 150 valence electrons. The number of hydrogen-bond acceptors (Lipinski definition) is 4. The van der Waals surface area contributed by atoms with Crippen LogP contribution in [-0.4, -0.2) is 28.9 Å². The van der Waals surface area contributed by atoms with Crippen LogP contribution in [0.5, 0.6) is 0 Å². The summed E-state index contributed by atoms with van der Waals surface area (Å²) >= 11 is 0. The molecule has 1 fully saturated rings. The first-order chi connectivity index (χ1) is 14.2. The van der Waals surface area contributed by atoms with Crippen molar-refractivity contribution in [1.82, 2.24) is 9.88 Å². The molecule has 0 bridgehead atoms. The number of amides is 1. The summed E-state index contributed by atoms with van der Waals surface area (Å²) in [5.41, 5.74) is 3.61. The van der Waals surface area contributed by atoms with Gasteiger partial charge in [-0.25, -0.2) is 4.98 Å². The van der Waals surface area contributed by atoms with Crippen LogP contribution in [0.4, 0.5) is 5.69 Å². The lowest BCUT2D eigenvalue weighted by Gasteiger charge is -2.30. The fraction of sp³-hybridized carbons (Fsp3) is 0.333. The summed E-state index contributed by atoms with van der Waals surface area (Å²) < 4.78 is 5.50. The average Bonchev–Trinajstić information content (AvgIpc) is 3.20. The number of oxazole rings is 1. The second-order valence-corrected chi connectivity index (χ2v) is 7.89. The molecule has 0 atom stereocenters. The zero-order valence-corrected chi connectivity index (χ0v) is 16.8. The highest BCUT2D eigenvalue weighted by molar-refractivity contribution is 5.92. The van der Waals surface area contributed by atoms with E-state index in [1.807, 2.05) is 42.5 Å². The van der Waals surface area contributed by atoms with E-state index in [0.717, 1.165) is 23.7 Å². The number of nitrogens with one attached hydrogen (secondary N) is 1. The van der Waals surface area contributed by atoms with Crippen LogP contribution in [0.25, 0.3) is 11.5 Å². The van der Waals surface area contributed by atoms with Crippen LogP contribution >= 0.6 is 0 Å². The molecule has 1 amide bonds. The predicted molar refractivity (Wildman–Crippen MR) is 114 cm³/mol. The van der Waals surface area contributed by atoms with E-state index >= 15 is 0 Å². The van der Waals surface area contributed by atoms with E-state index in [0.29, 0.717) is 11.6 Å². The molecule has 2 heterocycles. The molecule has 5 nitrogen and oxygen atoms in total. The summed E-state index contributed by atoms with van der Waals surface area (Å²) in [5, 5.41) is 2.94. The van der Waals surface area contributed by atoms with Crippen molar-refractivity contribution < 1.29 is 9.21 Å². The minimum absolute atomic E-state index is 0.101. The van der Waals surface area contributed by atoms with Crippen LogP contribution in [0.3, 0.4) is 0 Å². The number of carbonyl (C=O) groups is 1. The maximum atomic E-state index is 12.4. The molecule has 1 aliphatic heterocycles. The second kappa shape index (κ2) is 9.05. The lowest BCUT2D eigenvalue weighted by Crippen LogP contribution is -2.32. The molecule has 2 aromatic carbocycles. The van der Waals surface area contributed by atoms with Crippen LogP contribution in [0.15, 0.2) is 65.3 Å². The maximum absolute atomic E-state index is 12.4. The molecule has 1 N–H and O–H groups in total. The highest BCUT2D eigenvalue weighted by Gasteiger charge is 2.16. The van der Waals surface area contributed by atoms with Crippen molar-refractivity contribution in [3.63, 3.8) is 0 Å². The van der Waals surface area contributed by atoms with Crippen LogP contribution < -0.4 is 5.32 Å². The van der Waals surface area contributed by atoms with Crippen molar-refractivity contribution >= 4 is 11.6 Å². The molecule has 4 rings (SSSR count). The minimum atomic E-state index is -0.101. The Morgan fingerprint density at radius 1 is 1.10 bits per heavy atom.